The molecule has 0 amide bonds. The van der Waals surface area contributed by atoms with E-state index in [-0.39, 0.29) is 23.0 Å². The van der Waals surface area contributed by atoms with Crippen LogP contribution in [0.25, 0.3) is 22.3 Å². The minimum atomic E-state index is -0.730. The lowest BCUT2D eigenvalue weighted by atomic mass is 9.80. The van der Waals surface area contributed by atoms with Crippen molar-refractivity contribution in [1.82, 2.24) is 9.97 Å². The fourth-order valence-corrected chi connectivity index (χ4v) is 11.9. The van der Waals surface area contributed by atoms with Gasteiger partial charge in [-0.05, 0) is 155 Å². The van der Waals surface area contributed by atoms with Crippen LogP contribution in [0.5, 0.6) is 0 Å². The van der Waals surface area contributed by atoms with Crippen molar-refractivity contribution in [3.63, 3.8) is 0 Å². The second-order valence-corrected chi connectivity index (χ2v) is 19.3. The molecule has 2 N–H and O–H groups in total. The van der Waals surface area contributed by atoms with Gasteiger partial charge in [-0.1, -0.05) is 36.4 Å². The zero-order valence-corrected chi connectivity index (χ0v) is 35.1. The van der Waals surface area contributed by atoms with Crippen LogP contribution in [0, 0.1) is 23.3 Å². The summed E-state index contributed by atoms with van der Waals surface area (Å²) < 4.78 is 58.9. The number of aromatic nitrogens is 2. The van der Waals surface area contributed by atoms with Crippen LogP contribution in [0.1, 0.15) is 125 Å². The average molecular weight is 863 g/mol. The van der Waals surface area contributed by atoms with E-state index in [0.29, 0.717) is 75.1 Å². The van der Waals surface area contributed by atoms with Crippen LogP contribution in [-0.2, 0) is 10.8 Å². The molecule has 64 heavy (non-hydrogen) atoms. The van der Waals surface area contributed by atoms with Crippen molar-refractivity contribution >= 4 is 17.2 Å². The quantitative estimate of drug-likeness (QED) is 0.116. The Balaban J connectivity index is 0.828. The molecule has 2 aliphatic heterocycles. The molecule has 4 atom stereocenters. The largest absolute Gasteiger partial charge is 0.388 e. The second-order valence-electron chi connectivity index (χ2n) is 19.3. The van der Waals surface area contributed by atoms with Gasteiger partial charge in [-0.25, -0.2) is 27.5 Å². The minimum absolute atomic E-state index is 0.00581. The number of ketones is 1. The van der Waals surface area contributed by atoms with E-state index in [1.807, 2.05) is 46.2 Å². The Hall–Kier alpha value is -5.91. The summed E-state index contributed by atoms with van der Waals surface area (Å²) in [6.07, 6.45) is 6.92. The van der Waals surface area contributed by atoms with Crippen molar-refractivity contribution < 1.29 is 32.6 Å². The number of hydrogen-bond donors (Lipinski definition) is 2. The summed E-state index contributed by atoms with van der Waals surface area (Å²) >= 11 is 0. The number of pyridine rings is 2. The number of carbonyl (C=O) groups is 1. The van der Waals surface area contributed by atoms with Gasteiger partial charge in [-0.3, -0.25) is 4.79 Å². The Morgan fingerprint density at radius 1 is 0.547 bits per heavy atom. The topological polar surface area (TPSA) is 89.8 Å². The number of carbonyl (C=O) groups excluding carboxylic acids is 1. The van der Waals surface area contributed by atoms with E-state index in [4.69, 9.17) is 0 Å². The molecule has 4 heterocycles. The van der Waals surface area contributed by atoms with Crippen molar-refractivity contribution in [1.29, 1.82) is 0 Å². The molecule has 6 aliphatic rings. The minimum Gasteiger partial charge on any atom is -0.388 e. The Kier molecular flexibility index (Phi) is 9.02. The van der Waals surface area contributed by atoms with E-state index in [0.717, 1.165) is 93.7 Å². The van der Waals surface area contributed by atoms with Gasteiger partial charge in [0.1, 0.15) is 34.7 Å². The third-order valence-electron chi connectivity index (χ3n) is 15.3. The number of fused-ring (bicyclic) bond motifs is 4. The summed E-state index contributed by atoms with van der Waals surface area (Å²) in [6.45, 7) is 1.79. The number of nitrogens with zero attached hydrogens (tertiary/aromatic N) is 4. The first-order valence-corrected chi connectivity index (χ1v) is 22.6. The van der Waals surface area contributed by atoms with E-state index >= 15 is 8.78 Å². The van der Waals surface area contributed by atoms with Crippen LogP contribution in [0.3, 0.4) is 0 Å². The Morgan fingerprint density at radius 2 is 0.984 bits per heavy atom. The van der Waals surface area contributed by atoms with Crippen molar-refractivity contribution in [3.05, 3.63) is 165 Å². The van der Waals surface area contributed by atoms with Crippen LogP contribution in [0.4, 0.5) is 28.9 Å². The molecule has 324 valence electrons. The molecule has 0 bridgehead atoms. The predicted octanol–water partition coefficient (Wildman–Crippen LogP) is 10.5. The highest BCUT2D eigenvalue weighted by atomic mass is 19.1. The molecule has 4 aromatic carbocycles. The van der Waals surface area contributed by atoms with Gasteiger partial charge in [0.2, 0.25) is 5.78 Å². The fourth-order valence-electron chi connectivity index (χ4n) is 11.9. The third-order valence-corrected chi connectivity index (χ3v) is 15.3. The molecule has 2 aromatic heterocycles. The standard InChI is InChI=1S/C53H46F4N4O3/c54-33-7-9-37(39(19-33)29-1-2-29)31-5-11-43-41(17-31)47(62)23-52(43)13-15-60(27-52)45-21-35(56)25-58-49(45)51(64)50-46(22-36(57)26-59-50)61-16-14-53(28-61)24-48(63)42-18-32(6-12-44(42)53)38-10-8-34(55)20-40(38)30-3-4-30/h5-12,17-22,25-26,29-30,47-48,62-63H,1-4,13-16,23-24,27-28H2. The van der Waals surface area contributed by atoms with Crippen LogP contribution in [0.2, 0.25) is 0 Å². The maximum atomic E-state index is 15.2. The predicted molar refractivity (Wildman–Crippen MR) is 236 cm³/mol. The molecule has 4 aliphatic carbocycles. The maximum absolute atomic E-state index is 15.2. The van der Waals surface area contributed by atoms with Gasteiger partial charge in [-0.2, -0.15) is 0 Å². The number of benzene rings is 4. The summed E-state index contributed by atoms with van der Waals surface area (Å²) in [5.41, 5.74) is 9.20. The molecule has 7 nitrogen and oxygen atoms in total. The fraction of sp³-hybridized carbons (Fsp3) is 0.340. The van der Waals surface area contributed by atoms with Gasteiger partial charge in [0.05, 0.1) is 36.0 Å². The molecule has 4 fully saturated rings. The van der Waals surface area contributed by atoms with Crippen LogP contribution < -0.4 is 9.80 Å². The highest BCUT2D eigenvalue weighted by Gasteiger charge is 2.50. The molecular weight excluding hydrogens is 817 g/mol. The first kappa shape index (κ1) is 39.7. The summed E-state index contributed by atoms with van der Waals surface area (Å²) in [5, 5.41) is 23.1. The van der Waals surface area contributed by atoms with E-state index < -0.39 is 40.5 Å². The number of hydrogen-bond acceptors (Lipinski definition) is 7. The zero-order chi connectivity index (χ0) is 43.6. The third kappa shape index (κ3) is 6.48. The zero-order valence-electron chi connectivity index (χ0n) is 35.1. The van der Waals surface area contributed by atoms with Crippen LogP contribution in [-0.4, -0.2) is 52.1 Å². The van der Waals surface area contributed by atoms with Gasteiger partial charge < -0.3 is 20.0 Å². The van der Waals surface area contributed by atoms with E-state index in [9.17, 15) is 23.8 Å². The van der Waals surface area contributed by atoms with E-state index in [1.165, 1.54) is 24.3 Å². The summed E-state index contributed by atoms with van der Waals surface area (Å²) in [4.78, 5) is 27.4. The summed E-state index contributed by atoms with van der Waals surface area (Å²) in [7, 11) is 0. The van der Waals surface area contributed by atoms with Crippen molar-refractivity contribution in [2.75, 3.05) is 36.0 Å². The molecule has 6 aromatic rings. The van der Waals surface area contributed by atoms with Crippen molar-refractivity contribution in [2.24, 2.45) is 0 Å². The smallest absolute Gasteiger partial charge is 0.233 e. The SMILES string of the molecule is O=C(c1ncc(F)cc1N1CCC2(CC(O)c3cc(-c4ccc(F)cc4C4CC4)ccc32)C1)c1ncc(F)cc1N1CCC2(CC(O)c3cc(-c4ccc(F)cc4C4CC4)ccc32)C1. The van der Waals surface area contributed by atoms with Gasteiger partial charge in [0, 0.05) is 49.1 Å². The normalized spacial score (nSPS) is 24.6. The molecule has 2 saturated carbocycles. The first-order valence-electron chi connectivity index (χ1n) is 22.6. The molecule has 2 spiro atoms. The lowest BCUT2D eigenvalue weighted by Gasteiger charge is -2.28. The lowest BCUT2D eigenvalue weighted by Crippen LogP contribution is -2.31. The van der Waals surface area contributed by atoms with Crippen LogP contribution in [0.15, 0.2) is 97.3 Å². The lowest BCUT2D eigenvalue weighted by molar-refractivity contribution is 0.103. The first-order chi connectivity index (χ1) is 31.0. The monoisotopic (exact) mass is 862 g/mol. The van der Waals surface area contributed by atoms with Crippen LogP contribution >= 0.6 is 0 Å². The summed E-state index contributed by atoms with van der Waals surface area (Å²) in [5.74, 6) is -1.60. The van der Waals surface area contributed by atoms with E-state index in [2.05, 4.69) is 22.1 Å². The highest BCUT2D eigenvalue weighted by Crippen LogP contribution is 2.55. The van der Waals surface area contributed by atoms with Crippen molar-refractivity contribution in [2.45, 2.75) is 86.2 Å². The Morgan fingerprint density at radius 3 is 1.41 bits per heavy atom. The van der Waals surface area contributed by atoms with Gasteiger partial charge in [0.15, 0.2) is 0 Å². The van der Waals surface area contributed by atoms with Gasteiger partial charge in [-0.15, -0.1) is 0 Å². The highest BCUT2D eigenvalue weighted by molar-refractivity contribution is 6.13. The van der Waals surface area contributed by atoms with Crippen molar-refractivity contribution in [3.8, 4) is 22.3 Å². The second kappa shape index (κ2) is 14.6. The average Bonchev–Trinajstić information content (AvgIpc) is 4.21. The maximum Gasteiger partial charge on any atom is 0.233 e. The number of anilines is 2. The molecule has 0 radical (unpaired) electrons. The number of halogens is 4. The van der Waals surface area contributed by atoms with Gasteiger partial charge in [0.25, 0.3) is 0 Å². The number of aliphatic hydroxyl groups is 2. The molecule has 2 saturated heterocycles. The number of aliphatic hydroxyl groups excluding tert-OH is 2. The van der Waals surface area contributed by atoms with Gasteiger partial charge >= 0.3 is 0 Å². The number of rotatable bonds is 8. The summed E-state index contributed by atoms with van der Waals surface area (Å²) in [6, 6.07) is 24.8. The molecule has 12 rings (SSSR count). The Bertz CT molecular complexity index is 2740. The molecular formula is C53H46F4N4O3. The molecule has 4 unspecified atom stereocenters. The Labute approximate surface area is 368 Å². The molecule has 11 heteroatoms. The van der Waals surface area contributed by atoms with E-state index in [1.54, 1.807) is 12.1 Å².